The Balaban J connectivity index is 1.16. The molecule has 1 aromatic carbocycles. The highest BCUT2D eigenvalue weighted by atomic mass is 16.5. The number of aryl methyl sites for hydroxylation is 1. The van der Waals surface area contributed by atoms with Crippen molar-refractivity contribution in [2.75, 3.05) is 23.7 Å². The molecule has 2 unspecified atom stereocenters. The number of anilines is 2. The Labute approximate surface area is 177 Å². The van der Waals surface area contributed by atoms with Gasteiger partial charge in [-0.1, -0.05) is 17.3 Å². The monoisotopic (exact) mass is 415 g/mol. The van der Waals surface area contributed by atoms with Crippen molar-refractivity contribution in [3.63, 3.8) is 0 Å². The maximum atomic E-state index is 12.7. The lowest BCUT2D eigenvalue weighted by molar-refractivity contribution is 0.363. The van der Waals surface area contributed by atoms with Crippen molar-refractivity contribution in [1.29, 1.82) is 0 Å². The highest BCUT2D eigenvalue weighted by molar-refractivity contribution is 5.74. The summed E-state index contributed by atoms with van der Waals surface area (Å²) in [5.74, 6) is 2.90. The number of nitrogens with zero attached hydrogens (tertiary/aromatic N) is 6. The molecular weight excluding hydrogens is 394 g/mol. The van der Waals surface area contributed by atoms with Gasteiger partial charge < -0.3 is 15.2 Å². The van der Waals surface area contributed by atoms with Gasteiger partial charge in [0, 0.05) is 24.7 Å². The summed E-state index contributed by atoms with van der Waals surface area (Å²) >= 11 is 0. The van der Waals surface area contributed by atoms with Crippen molar-refractivity contribution in [2.24, 2.45) is 11.8 Å². The Hall–Kier alpha value is -3.75. The number of hydrogen-bond acceptors (Lipinski definition) is 8. The van der Waals surface area contributed by atoms with Gasteiger partial charge in [-0.2, -0.15) is 4.98 Å². The molecule has 9 nitrogen and oxygen atoms in total. The van der Waals surface area contributed by atoms with Crippen molar-refractivity contribution < 1.29 is 4.52 Å². The van der Waals surface area contributed by atoms with Crippen LogP contribution in [0.4, 0.5) is 11.5 Å². The Bertz CT molecular complexity index is 1350. The number of rotatable bonds is 4. The molecule has 6 rings (SSSR count). The second-order valence-corrected chi connectivity index (χ2v) is 8.43. The van der Waals surface area contributed by atoms with Gasteiger partial charge in [-0.3, -0.25) is 9.36 Å². The zero-order chi connectivity index (χ0) is 21.1. The molecule has 4 heterocycles. The number of hydrogen-bond donors (Lipinski definition) is 1. The van der Waals surface area contributed by atoms with Gasteiger partial charge in [0.1, 0.15) is 18.7 Å². The Morgan fingerprint density at radius 3 is 2.81 bits per heavy atom. The summed E-state index contributed by atoms with van der Waals surface area (Å²) in [4.78, 5) is 28.0. The molecule has 2 atom stereocenters. The minimum Gasteiger partial charge on any atom is -0.384 e. The minimum absolute atomic E-state index is 0.177. The second kappa shape index (κ2) is 6.63. The molecule has 3 aromatic heterocycles. The van der Waals surface area contributed by atoms with Crippen LogP contribution in [0.2, 0.25) is 0 Å². The van der Waals surface area contributed by atoms with Crippen LogP contribution in [-0.2, 0) is 6.54 Å². The molecule has 0 bridgehead atoms. The molecule has 0 radical (unpaired) electrons. The molecule has 4 aromatic rings. The normalized spacial score (nSPS) is 22.1. The number of nitrogens with two attached hydrogens (primary N) is 1. The first-order chi connectivity index (χ1) is 15.1. The highest BCUT2D eigenvalue weighted by Gasteiger charge is 2.58. The molecule has 2 N–H and O–H groups in total. The van der Waals surface area contributed by atoms with E-state index >= 15 is 0 Å². The second-order valence-electron chi connectivity index (χ2n) is 8.43. The maximum absolute atomic E-state index is 12.7. The number of fused-ring (bicyclic) bond motifs is 2. The van der Waals surface area contributed by atoms with Gasteiger partial charge >= 0.3 is 0 Å². The summed E-state index contributed by atoms with van der Waals surface area (Å²) in [6.07, 6.45) is 1.44. The first-order valence-corrected chi connectivity index (χ1v) is 10.3. The van der Waals surface area contributed by atoms with E-state index in [0.29, 0.717) is 40.5 Å². The molecule has 2 fully saturated rings. The number of benzene rings is 1. The topological polar surface area (TPSA) is 116 Å². The number of piperidine rings is 1. The lowest BCUT2D eigenvalue weighted by Crippen LogP contribution is -2.23. The smallest absolute Gasteiger partial charge is 0.263 e. The fourth-order valence-corrected chi connectivity index (χ4v) is 4.73. The average Bonchev–Trinajstić information content (AvgIpc) is 3.08. The summed E-state index contributed by atoms with van der Waals surface area (Å²) in [5.41, 5.74) is 8.33. The first-order valence-electron chi connectivity index (χ1n) is 10.3. The van der Waals surface area contributed by atoms with Crippen molar-refractivity contribution >= 4 is 22.5 Å². The minimum atomic E-state index is -0.214. The van der Waals surface area contributed by atoms with Gasteiger partial charge in [0.15, 0.2) is 11.5 Å². The van der Waals surface area contributed by atoms with Gasteiger partial charge in [-0.05, 0) is 48.6 Å². The van der Waals surface area contributed by atoms with E-state index in [4.69, 9.17) is 10.3 Å². The largest absolute Gasteiger partial charge is 0.384 e. The van der Waals surface area contributed by atoms with Crippen LogP contribution in [0.5, 0.6) is 0 Å². The van der Waals surface area contributed by atoms with Gasteiger partial charge in [-0.25, -0.2) is 9.97 Å². The van der Waals surface area contributed by atoms with Crippen LogP contribution in [0, 0.1) is 18.8 Å². The summed E-state index contributed by atoms with van der Waals surface area (Å²) in [7, 11) is 0. The zero-order valence-corrected chi connectivity index (χ0v) is 17.0. The van der Waals surface area contributed by atoms with Crippen LogP contribution in [0.15, 0.2) is 52.0 Å². The van der Waals surface area contributed by atoms with E-state index in [9.17, 15) is 4.79 Å². The van der Waals surface area contributed by atoms with E-state index in [0.717, 1.165) is 18.9 Å². The van der Waals surface area contributed by atoms with Crippen LogP contribution < -0.4 is 16.2 Å². The molecule has 156 valence electrons. The third-order valence-corrected chi connectivity index (χ3v) is 6.36. The summed E-state index contributed by atoms with van der Waals surface area (Å²) < 4.78 is 6.90. The Kier molecular flexibility index (Phi) is 3.86. The van der Waals surface area contributed by atoms with Crippen molar-refractivity contribution in [3.05, 3.63) is 70.4 Å². The molecule has 2 aliphatic rings. The average molecular weight is 415 g/mol. The van der Waals surface area contributed by atoms with E-state index < -0.39 is 0 Å². The van der Waals surface area contributed by atoms with Crippen LogP contribution in [-0.4, -0.2) is 37.8 Å². The third-order valence-electron chi connectivity index (χ3n) is 6.36. The van der Waals surface area contributed by atoms with Gasteiger partial charge in [-0.15, -0.1) is 0 Å². The molecule has 0 amide bonds. The Morgan fingerprint density at radius 2 is 2.00 bits per heavy atom. The quantitative estimate of drug-likeness (QED) is 0.538. The van der Waals surface area contributed by atoms with Gasteiger partial charge in [0.05, 0.1) is 5.39 Å². The molecule has 1 saturated carbocycles. The number of aromatic nitrogens is 5. The molecule has 1 aliphatic heterocycles. The van der Waals surface area contributed by atoms with Crippen molar-refractivity contribution in [3.8, 4) is 0 Å². The SMILES string of the molecule is Cc1cccc(N2CC3C(C2)C3c2noc(Cn3cnc4nc(N)ccc4c3=O)n2)c1. The van der Waals surface area contributed by atoms with Crippen LogP contribution in [0.25, 0.3) is 11.0 Å². The fourth-order valence-electron chi connectivity index (χ4n) is 4.73. The first kappa shape index (κ1) is 18.1. The predicted molar refractivity (Wildman–Crippen MR) is 115 cm³/mol. The molecule has 1 saturated heterocycles. The van der Waals surface area contributed by atoms with Crippen LogP contribution in [0.1, 0.15) is 23.2 Å². The standard InChI is InChI=1S/C22H21N7O2/c1-12-3-2-4-13(7-12)28-8-15-16(9-28)19(15)21-26-18(31-27-21)10-29-11-24-20-14(22(29)30)5-6-17(23)25-20/h2-7,11,15-16,19H,8-10H2,1H3,(H2,23,25). The van der Waals surface area contributed by atoms with Gasteiger partial charge in [0.25, 0.3) is 5.56 Å². The van der Waals surface area contributed by atoms with Gasteiger partial charge in [0.2, 0.25) is 5.89 Å². The van der Waals surface area contributed by atoms with Crippen LogP contribution in [0.3, 0.4) is 0 Å². The lowest BCUT2D eigenvalue weighted by Gasteiger charge is -2.21. The summed E-state index contributed by atoms with van der Waals surface area (Å²) in [6.45, 7) is 4.31. The maximum Gasteiger partial charge on any atom is 0.263 e. The van der Waals surface area contributed by atoms with Crippen molar-refractivity contribution in [2.45, 2.75) is 19.4 Å². The zero-order valence-electron chi connectivity index (χ0n) is 17.0. The predicted octanol–water partition coefficient (Wildman–Crippen LogP) is 1.96. The molecule has 0 spiro atoms. The van der Waals surface area contributed by atoms with Crippen molar-refractivity contribution in [1.82, 2.24) is 24.7 Å². The van der Waals surface area contributed by atoms with E-state index in [2.05, 4.69) is 56.2 Å². The summed E-state index contributed by atoms with van der Waals surface area (Å²) in [6, 6.07) is 11.8. The fraction of sp³-hybridized carbons (Fsp3) is 0.318. The summed E-state index contributed by atoms with van der Waals surface area (Å²) in [5, 5.41) is 4.61. The van der Waals surface area contributed by atoms with E-state index in [-0.39, 0.29) is 12.1 Å². The molecule has 31 heavy (non-hydrogen) atoms. The van der Waals surface area contributed by atoms with E-state index in [1.165, 1.54) is 22.1 Å². The third kappa shape index (κ3) is 3.04. The molecular formula is C22H21N7O2. The van der Waals surface area contributed by atoms with Crippen LogP contribution >= 0.6 is 0 Å². The number of pyridine rings is 1. The lowest BCUT2D eigenvalue weighted by atomic mass is 10.2. The van der Waals surface area contributed by atoms with E-state index in [1.54, 1.807) is 12.1 Å². The number of nitrogen functional groups attached to an aromatic ring is 1. The Morgan fingerprint density at radius 1 is 1.16 bits per heavy atom. The highest BCUT2D eigenvalue weighted by Crippen LogP contribution is 2.57. The molecule has 1 aliphatic carbocycles. The van der Waals surface area contributed by atoms with E-state index in [1.807, 2.05) is 0 Å². The molecule has 9 heteroatoms.